The van der Waals surface area contributed by atoms with Crippen molar-refractivity contribution < 1.29 is 9.59 Å². The first-order valence-electron chi connectivity index (χ1n) is 8.03. The zero-order valence-corrected chi connectivity index (χ0v) is 13.9. The number of nitrogens with two attached hydrogens (primary N) is 1. The molecule has 0 aliphatic carbocycles. The van der Waals surface area contributed by atoms with Crippen LogP contribution in [0.4, 0.5) is 0 Å². The van der Waals surface area contributed by atoms with E-state index in [1.165, 1.54) is 0 Å². The van der Waals surface area contributed by atoms with E-state index in [4.69, 9.17) is 5.73 Å². The number of hydrogen-bond donors (Lipinski definition) is 1. The van der Waals surface area contributed by atoms with Gasteiger partial charge in [0.15, 0.2) is 0 Å². The van der Waals surface area contributed by atoms with Crippen molar-refractivity contribution in [1.29, 1.82) is 0 Å². The van der Waals surface area contributed by atoms with Crippen LogP contribution >= 0.6 is 0 Å². The molecule has 5 heteroatoms. The van der Waals surface area contributed by atoms with E-state index in [0.29, 0.717) is 19.4 Å². The molecule has 2 aromatic rings. The van der Waals surface area contributed by atoms with E-state index in [2.05, 4.69) is 4.98 Å². The summed E-state index contributed by atoms with van der Waals surface area (Å²) in [5.74, 6) is -1.01. The number of carbonyl (C=O) groups excluding carboxylic acids is 2. The average molecular weight is 325 g/mol. The molecule has 1 atom stereocenters. The molecular weight excluding hydrogens is 302 g/mol. The van der Waals surface area contributed by atoms with Crippen LogP contribution in [0.3, 0.4) is 0 Å². The molecule has 1 aromatic heterocycles. The van der Waals surface area contributed by atoms with Crippen molar-refractivity contribution in [3.8, 4) is 0 Å². The van der Waals surface area contributed by atoms with Gasteiger partial charge in [0.25, 0.3) is 0 Å². The first-order valence-corrected chi connectivity index (χ1v) is 8.03. The Labute approximate surface area is 142 Å². The van der Waals surface area contributed by atoms with Crippen LogP contribution in [0.1, 0.15) is 17.7 Å². The first-order chi connectivity index (χ1) is 11.6. The Morgan fingerprint density at radius 1 is 1.12 bits per heavy atom. The lowest BCUT2D eigenvalue weighted by Gasteiger charge is -2.20. The van der Waals surface area contributed by atoms with Crippen molar-refractivity contribution in [1.82, 2.24) is 9.88 Å². The second-order valence-corrected chi connectivity index (χ2v) is 5.88. The van der Waals surface area contributed by atoms with Gasteiger partial charge < -0.3 is 10.6 Å². The molecule has 0 aliphatic rings. The maximum Gasteiger partial charge on any atom is 0.223 e. The predicted molar refractivity (Wildman–Crippen MR) is 93.0 cm³/mol. The second kappa shape index (κ2) is 8.82. The smallest absolute Gasteiger partial charge is 0.223 e. The molecule has 2 N–H and O–H groups in total. The Morgan fingerprint density at radius 2 is 1.83 bits per heavy atom. The monoisotopic (exact) mass is 325 g/mol. The molecule has 0 radical (unpaired) electrons. The van der Waals surface area contributed by atoms with Crippen molar-refractivity contribution in [3.63, 3.8) is 0 Å². The van der Waals surface area contributed by atoms with Crippen LogP contribution in [0.2, 0.25) is 0 Å². The number of nitrogens with zero attached hydrogens (tertiary/aromatic N) is 2. The van der Waals surface area contributed by atoms with Crippen LogP contribution in [0, 0.1) is 5.92 Å². The molecule has 5 nitrogen and oxygen atoms in total. The zero-order chi connectivity index (χ0) is 17.4. The number of pyridine rings is 1. The molecule has 0 fully saturated rings. The second-order valence-electron chi connectivity index (χ2n) is 5.88. The molecule has 126 valence electrons. The largest absolute Gasteiger partial charge is 0.369 e. The van der Waals surface area contributed by atoms with Crippen molar-refractivity contribution in [2.75, 3.05) is 13.6 Å². The number of benzene rings is 1. The summed E-state index contributed by atoms with van der Waals surface area (Å²) in [4.78, 5) is 29.9. The molecule has 0 bridgehead atoms. The highest BCUT2D eigenvalue weighted by atomic mass is 16.2. The van der Waals surface area contributed by atoms with E-state index in [0.717, 1.165) is 11.3 Å². The minimum atomic E-state index is -0.489. The maximum atomic E-state index is 12.4. The average Bonchev–Trinajstić information content (AvgIpc) is 2.60. The molecule has 0 spiro atoms. The molecule has 2 rings (SSSR count). The number of hydrogen-bond acceptors (Lipinski definition) is 3. The number of primary amides is 1. The molecule has 2 amide bonds. The van der Waals surface area contributed by atoms with E-state index >= 15 is 0 Å². The highest BCUT2D eigenvalue weighted by Crippen LogP contribution is 2.13. The summed E-state index contributed by atoms with van der Waals surface area (Å²) in [6.45, 7) is 0.562. The molecule has 0 aliphatic heterocycles. The van der Waals surface area contributed by atoms with Gasteiger partial charge in [-0.05, 0) is 24.1 Å². The van der Waals surface area contributed by atoms with Gasteiger partial charge in [-0.1, -0.05) is 36.4 Å². The standard InChI is InChI=1S/C19H23N3O2/c1-22(12-10-17-9-5-6-11-21-17)18(23)14-16(19(20)24)13-15-7-3-2-4-8-15/h2-9,11,16H,10,12-14H2,1H3,(H2,20,24). The highest BCUT2D eigenvalue weighted by molar-refractivity contribution is 5.85. The summed E-state index contributed by atoms with van der Waals surface area (Å²) in [5.41, 5.74) is 7.42. The fourth-order valence-corrected chi connectivity index (χ4v) is 2.49. The summed E-state index contributed by atoms with van der Waals surface area (Å²) >= 11 is 0. The van der Waals surface area contributed by atoms with Crippen LogP contribution < -0.4 is 5.73 Å². The van der Waals surface area contributed by atoms with Gasteiger partial charge in [-0.25, -0.2) is 0 Å². The van der Waals surface area contributed by atoms with Gasteiger partial charge in [0.2, 0.25) is 11.8 Å². The molecule has 1 aromatic carbocycles. The predicted octanol–water partition coefficient (Wildman–Crippen LogP) is 1.82. The van der Waals surface area contributed by atoms with Gasteiger partial charge >= 0.3 is 0 Å². The van der Waals surface area contributed by atoms with Crippen LogP contribution in [-0.4, -0.2) is 35.3 Å². The minimum absolute atomic E-state index is 0.0781. The van der Waals surface area contributed by atoms with Crippen molar-refractivity contribution in [3.05, 3.63) is 66.0 Å². The third kappa shape index (κ3) is 5.50. The van der Waals surface area contributed by atoms with E-state index in [9.17, 15) is 9.59 Å². The van der Waals surface area contributed by atoms with Gasteiger partial charge in [-0.2, -0.15) is 0 Å². The van der Waals surface area contributed by atoms with Gasteiger partial charge in [0.1, 0.15) is 0 Å². The van der Waals surface area contributed by atoms with Crippen LogP contribution in [0.25, 0.3) is 0 Å². The molecule has 1 unspecified atom stereocenters. The van der Waals surface area contributed by atoms with E-state index in [1.54, 1.807) is 18.1 Å². The normalized spacial score (nSPS) is 11.7. The molecule has 24 heavy (non-hydrogen) atoms. The van der Waals surface area contributed by atoms with Gasteiger partial charge in [0.05, 0.1) is 5.92 Å². The first kappa shape index (κ1) is 17.7. The van der Waals surface area contributed by atoms with Gasteiger partial charge in [0, 0.05) is 38.3 Å². The lowest BCUT2D eigenvalue weighted by Crippen LogP contribution is -2.34. The molecule has 0 saturated heterocycles. The Hall–Kier alpha value is -2.69. The maximum absolute atomic E-state index is 12.4. The van der Waals surface area contributed by atoms with E-state index in [1.807, 2.05) is 48.5 Å². The fourth-order valence-electron chi connectivity index (χ4n) is 2.49. The Kier molecular flexibility index (Phi) is 6.49. The van der Waals surface area contributed by atoms with E-state index < -0.39 is 11.8 Å². The number of amides is 2. The highest BCUT2D eigenvalue weighted by Gasteiger charge is 2.22. The summed E-state index contributed by atoms with van der Waals surface area (Å²) in [6.07, 6.45) is 3.03. The fraction of sp³-hybridized carbons (Fsp3) is 0.316. The molecular formula is C19H23N3O2. The summed E-state index contributed by atoms with van der Waals surface area (Å²) in [7, 11) is 1.74. The zero-order valence-electron chi connectivity index (χ0n) is 13.9. The van der Waals surface area contributed by atoms with Crippen LogP contribution in [0.5, 0.6) is 0 Å². The van der Waals surface area contributed by atoms with Crippen LogP contribution in [-0.2, 0) is 22.4 Å². The summed E-state index contributed by atoms with van der Waals surface area (Å²) < 4.78 is 0. The third-order valence-corrected chi connectivity index (χ3v) is 4.00. The topological polar surface area (TPSA) is 76.3 Å². The molecule has 0 saturated carbocycles. The van der Waals surface area contributed by atoms with Crippen molar-refractivity contribution in [2.45, 2.75) is 19.3 Å². The molecule has 1 heterocycles. The number of likely N-dealkylation sites (N-methyl/N-ethyl adjacent to an activating group) is 1. The summed E-state index contributed by atoms with van der Waals surface area (Å²) in [5, 5.41) is 0. The van der Waals surface area contributed by atoms with Crippen molar-refractivity contribution in [2.24, 2.45) is 11.7 Å². The number of aromatic nitrogens is 1. The minimum Gasteiger partial charge on any atom is -0.369 e. The van der Waals surface area contributed by atoms with Gasteiger partial charge in [-0.15, -0.1) is 0 Å². The Morgan fingerprint density at radius 3 is 2.46 bits per heavy atom. The lowest BCUT2D eigenvalue weighted by atomic mass is 9.95. The van der Waals surface area contributed by atoms with Crippen molar-refractivity contribution >= 4 is 11.8 Å². The summed E-state index contributed by atoms with van der Waals surface area (Å²) in [6, 6.07) is 15.3. The number of rotatable bonds is 8. The Bertz CT molecular complexity index is 659. The quantitative estimate of drug-likeness (QED) is 0.804. The number of carbonyl (C=O) groups is 2. The van der Waals surface area contributed by atoms with Crippen LogP contribution in [0.15, 0.2) is 54.7 Å². The lowest BCUT2D eigenvalue weighted by molar-refractivity contribution is -0.134. The van der Waals surface area contributed by atoms with E-state index in [-0.39, 0.29) is 12.3 Å². The Balaban J connectivity index is 1.88. The SMILES string of the molecule is CN(CCc1ccccn1)C(=O)CC(Cc1ccccc1)C(N)=O. The third-order valence-electron chi connectivity index (χ3n) is 4.00. The van der Waals surface area contributed by atoms with Gasteiger partial charge in [-0.3, -0.25) is 14.6 Å².